The van der Waals surface area contributed by atoms with Gasteiger partial charge in [-0.3, -0.25) is 4.79 Å². The summed E-state index contributed by atoms with van der Waals surface area (Å²) in [5.41, 5.74) is 0.110. The lowest BCUT2D eigenvalue weighted by Gasteiger charge is -2.08. The van der Waals surface area contributed by atoms with Gasteiger partial charge in [-0.1, -0.05) is 32.8 Å². The van der Waals surface area contributed by atoms with Crippen LogP contribution in [0.3, 0.4) is 0 Å². The van der Waals surface area contributed by atoms with Crippen molar-refractivity contribution in [2.75, 3.05) is 6.54 Å². The quantitative estimate of drug-likeness (QED) is 0.537. The van der Waals surface area contributed by atoms with Gasteiger partial charge in [0.25, 0.3) is 5.91 Å². The third-order valence-corrected chi connectivity index (χ3v) is 2.75. The van der Waals surface area contributed by atoms with Crippen LogP contribution in [0.2, 0.25) is 0 Å². The maximum absolute atomic E-state index is 11.7. The minimum absolute atomic E-state index is 0.110. The number of nitrogens with one attached hydrogen (secondary N) is 1. The number of carbonyl (C=O) groups excluding carboxylic acids is 1. The van der Waals surface area contributed by atoms with Crippen molar-refractivity contribution >= 4 is 5.91 Å². The lowest BCUT2D eigenvalue weighted by Crippen LogP contribution is -2.24. The van der Waals surface area contributed by atoms with Gasteiger partial charge in [0.05, 0.1) is 5.56 Å². The summed E-state index contributed by atoms with van der Waals surface area (Å²) < 4.78 is 0. The van der Waals surface area contributed by atoms with Crippen molar-refractivity contribution in [3.05, 3.63) is 23.8 Å². The molecule has 0 radical (unpaired) electrons. The highest BCUT2D eigenvalue weighted by Crippen LogP contribution is 2.27. The summed E-state index contributed by atoms with van der Waals surface area (Å²) in [6, 6.07) is 4.36. The zero-order chi connectivity index (χ0) is 13.5. The van der Waals surface area contributed by atoms with Crippen LogP contribution in [0.5, 0.6) is 11.5 Å². The van der Waals surface area contributed by atoms with Gasteiger partial charge in [-0.25, -0.2) is 0 Å². The summed E-state index contributed by atoms with van der Waals surface area (Å²) in [5, 5.41) is 21.6. The molecule has 0 fully saturated rings. The van der Waals surface area contributed by atoms with Crippen LogP contribution in [0.1, 0.15) is 43.5 Å². The van der Waals surface area contributed by atoms with Gasteiger partial charge in [0, 0.05) is 6.54 Å². The van der Waals surface area contributed by atoms with E-state index in [2.05, 4.69) is 19.2 Å². The predicted octanol–water partition coefficient (Wildman–Crippen LogP) is 2.65. The van der Waals surface area contributed by atoms with E-state index in [4.69, 9.17) is 0 Å². The van der Waals surface area contributed by atoms with E-state index < -0.39 is 0 Å². The van der Waals surface area contributed by atoms with Crippen LogP contribution >= 0.6 is 0 Å². The Morgan fingerprint density at radius 2 is 2.00 bits per heavy atom. The number of rotatable bonds is 6. The van der Waals surface area contributed by atoms with E-state index >= 15 is 0 Å². The van der Waals surface area contributed by atoms with E-state index in [1.54, 1.807) is 0 Å². The Bertz CT molecular complexity index is 402. The molecule has 4 heteroatoms. The summed E-state index contributed by atoms with van der Waals surface area (Å²) in [6.45, 7) is 4.92. The van der Waals surface area contributed by atoms with Crippen LogP contribution in [-0.4, -0.2) is 22.7 Å². The summed E-state index contributed by atoms with van der Waals surface area (Å²) >= 11 is 0. The molecular formula is C14H21NO3. The standard InChI is InChI=1S/C14H21NO3/c1-10(2)6-3-4-9-15-14(18)11-7-5-8-12(16)13(11)17/h5,7-8,10,16-17H,3-4,6,9H2,1-2H3,(H,15,18). The molecule has 0 aliphatic rings. The third kappa shape index (κ3) is 4.28. The number of phenolic OH excluding ortho intramolecular Hbond substituents is 2. The molecule has 0 aromatic heterocycles. The molecule has 4 nitrogen and oxygen atoms in total. The molecule has 0 spiro atoms. The molecule has 0 saturated heterocycles. The summed E-state index contributed by atoms with van der Waals surface area (Å²) in [6.07, 6.45) is 3.14. The second kappa shape index (κ2) is 6.89. The van der Waals surface area contributed by atoms with E-state index in [-0.39, 0.29) is 23.0 Å². The number of carbonyl (C=O) groups is 1. The van der Waals surface area contributed by atoms with E-state index in [0.29, 0.717) is 12.5 Å². The molecule has 0 unspecified atom stereocenters. The minimum Gasteiger partial charge on any atom is -0.504 e. The van der Waals surface area contributed by atoms with E-state index in [9.17, 15) is 15.0 Å². The van der Waals surface area contributed by atoms with Gasteiger partial charge in [-0.2, -0.15) is 0 Å². The fraction of sp³-hybridized carbons (Fsp3) is 0.500. The lowest BCUT2D eigenvalue weighted by molar-refractivity contribution is 0.0949. The highest BCUT2D eigenvalue weighted by atomic mass is 16.3. The van der Waals surface area contributed by atoms with Gasteiger partial charge < -0.3 is 15.5 Å². The fourth-order valence-corrected chi connectivity index (χ4v) is 1.69. The fourth-order valence-electron chi connectivity index (χ4n) is 1.69. The summed E-state index contributed by atoms with van der Waals surface area (Å²) in [5.74, 6) is -0.316. The van der Waals surface area contributed by atoms with Gasteiger partial charge in [-0.05, 0) is 24.5 Å². The Kier molecular flexibility index (Phi) is 5.49. The molecule has 0 heterocycles. The second-order valence-corrected chi connectivity index (χ2v) is 4.82. The molecule has 1 amide bonds. The number of unbranched alkanes of at least 4 members (excludes halogenated alkanes) is 1. The average Bonchev–Trinajstić information content (AvgIpc) is 2.31. The molecule has 0 atom stereocenters. The van der Waals surface area contributed by atoms with Gasteiger partial charge in [0.15, 0.2) is 11.5 Å². The molecule has 3 N–H and O–H groups in total. The van der Waals surface area contributed by atoms with Crippen LogP contribution in [0.25, 0.3) is 0 Å². The first-order valence-electron chi connectivity index (χ1n) is 6.31. The maximum atomic E-state index is 11.7. The van der Waals surface area contributed by atoms with Crippen molar-refractivity contribution in [3.8, 4) is 11.5 Å². The van der Waals surface area contributed by atoms with Crippen molar-refractivity contribution in [1.29, 1.82) is 0 Å². The van der Waals surface area contributed by atoms with Gasteiger partial charge in [-0.15, -0.1) is 0 Å². The van der Waals surface area contributed by atoms with E-state index in [1.165, 1.54) is 18.2 Å². The highest BCUT2D eigenvalue weighted by molar-refractivity contribution is 5.97. The largest absolute Gasteiger partial charge is 0.504 e. The van der Waals surface area contributed by atoms with Gasteiger partial charge >= 0.3 is 0 Å². The molecule has 100 valence electrons. The Morgan fingerprint density at radius 3 is 2.67 bits per heavy atom. The Morgan fingerprint density at radius 1 is 1.28 bits per heavy atom. The van der Waals surface area contributed by atoms with E-state index in [0.717, 1.165) is 19.3 Å². The monoisotopic (exact) mass is 251 g/mol. The Balaban J connectivity index is 2.39. The smallest absolute Gasteiger partial charge is 0.255 e. The third-order valence-electron chi connectivity index (χ3n) is 2.75. The Hall–Kier alpha value is -1.71. The van der Waals surface area contributed by atoms with Crippen molar-refractivity contribution in [1.82, 2.24) is 5.32 Å². The minimum atomic E-state index is -0.364. The molecule has 0 aliphatic carbocycles. The summed E-state index contributed by atoms with van der Waals surface area (Å²) in [4.78, 5) is 11.7. The first kappa shape index (κ1) is 14.4. The maximum Gasteiger partial charge on any atom is 0.255 e. The topological polar surface area (TPSA) is 69.6 Å². The number of benzene rings is 1. The van der Waals surface area contributed by atoms with Crippen LogP contribution in [0.15, 0.2) is 18.2 Å². The lowest BCUT2D eigenvalue weighted by atomic mass is 10.1. The number of hydrogen-bond acceptors (Lipinski definition) is 3. The first-order chi connectivity index (χ1) is 8.52. The van der Waals surface area contributed by atoms with Crippen LogP contribution in [-0.2, 0) is 0 Å². The highest BCUT2D eigenvalue weighted by Gasteiger charge is 2.12. The normalized spacial score (nSPS) is 10.6. The van der Waals surface area contributed by atoms with Gasteiger partial charge in [0.1, 0.15) is 0 Å². The number of amides is 1. The second-order valence-electron chi connectivity index (χ2n) is 4.82. The summed E-state index contributed by atoms with van der Waals surface area (Å²) in [7, 11) is 0. The van der Waals surface area contributed by atoms with E-state index in [1.807, 2.05) is 0 Å². The van der Waals surface area contributed by atoms with Crippen molar-refractivity contribution in [2.24, 2.45) is 5.92 Å². The number of phenols is 2. The SMILES string of the molecule is CC(C)CCCCNC(=O)c1cccc(O)c1O. The molecule has 18 heavy (non-hydrogen) atoms. The average molecular weight is 251 g/mol. The molecular weight excluding hydrogens is 230 g/mol. The number of para-hydroxylation sites is 1. The zero-order valence-corrected chi connectivity index (χ0v) is 10.9. The number of aromatic hydroxyl groups is 2. The molecule has 1 aromatic rings. The van der Waals surface area contributed by atoms with Gasteiger partial charge in [0.2, 0.25) is 0 Å². The molecule has 1 aromatic carbocycles. The molecule has 0 bridgehead atoms. The molecule has 0 saturated carbocycles. The predicted molar refractivity (Wildman–Crippen MR) is 70.8 cm³/mol. The van der Waals surface area contributed by atoms with Crippen molar-refractivity contribution in [2.45, 2.75) is 33.1 Å². The van der Waals surface area contributed by atoms with Crippen LogP contribution in [0, 0.1) is 5.92 Å². The van der Waals surface area contributed by atoms with Crippen LogP contribution < -0.4 is 5.32 Å². The molecule has 1 rings (SSSR count). The molecule has 0 aliphatic heterocycles. The number of hydrogen-bond donors (Lipinski definition) is 3. The zero-order valence-electron chi connectivity index (χ0n) is 10.9. The first-order valence-corrected chi connectivity index (χ1v) is 6.31. The van der Waals surface area contributed by atoms with Crippen molar-refractivity contribution < 1.29 is 15.0 Å². The van der Waals surface area contributed by atoms with Crippen LogP contribution in [0.4, 0.5) is 0 Å². The van der Waals surface area contributed by atoms with Crippen molar-refractivity contribution in [3.63, 3.8) is 0 Å². The Labute approximate surface area is 108 Å².